The van der Waals surface area contributed by atoms with Gasteiger partial charge in [-0.25, -0.2) is 0 Å². The molecule has 2 aromatic rings. The monoisotopic (exact) mass is 345 g/mol. The molecule has 0 radical (unpaired) electrons. The fourth-order valence-electron chi connectivity index (χ4n) is 2.70. The van der Waals surface area contributed by atoms with Crippen LogP contribution in [0.2, 0.25) is 0 Å². The second kappa shape index (κ2) is 6.64. The number of hydrogen-bond donors (Lipinski definition) is 1. The van der Waals surface area contributed by atoms with Crippen LogP contribution in [0.15, 0.2) is 34.2 Å². The average molecular weight is 345 g/mol. The Balaban J connectivity index is 1.72. The smallest absolute Gasteiger partial charge is 0.294 e. The molecule has 3 rings (SSSR count). The maximum absolute atomic E-state index is 12.7. The van der Waals surface area contributed by atoms with Crippen LogP contribution in [0.5, 0.6) is 0 Å². The van der Waals surface area contributed by atoms with Gasteiger partial charge in [0.25, 0.3) is 5.56 Å². The molecule has 0 spiro atoms. The summed E-state index contributed by atoms with van der Waals surface area (Å²) in [5.74, 6) is 5.73. The van der Waals surface area contributed by atoms with Crippen LogP contribution in [-0.4, -0.2) is 37.5 Å². The van der Waals surface area contributed by atoms with Crippen molar-refractivity contribution in [1.29, 1.82) is 0 Å². The van der Waals surface area contributed by atoms with Gasteiger partial charge < -0.3 is 10.7 Å². The van der Waals surface area contributed by atoms with Gasteiger partial charge in [0.15, 0.2) is 0 Å². The maximum Gasteiger partial charge on any atom is 0.294 e. The highest BCUT2D eigenvalue weighted by molar-refractivity contribution is 8.00. The lowest BCUT2D eigenvalue weighted by molar-refractivity contribution is -0.131. The highest BCUT2D eigenvalue weighted by atomic mass is 32.2. The third kappa shape index (κ3) is 3.14. The van der Waals surface area contributed by atoms with E-state index in [1.54, 1.807) is 13.8 Å². The van der Waals surface area contributed by atoms with Crippen molar-refractivity contribution in [3.63, 3.8) is 0 Å². The number of aryl methyl sites for hydroxylation is 1. The van der Waals surface area contributed by atoms with Gasteiger partial charge in [0, 0.05) is 13.1 Å². The number of nitrogens with zero attached hydrogens (tertiary/aromatic N) is 4. The number of thioether (sulfide) groups is 1. The summed E-state index contributed by atoms with van der Waals surface area (Å²) in [6.07, 6.45) is 0.852. The number of aromatic nitrogens is 3. The van der Waals surface area contributed by atoms with E-state index in [1.807, 2.05) is 17.0 Å². The first-order valence-electron chi connectivity index (χ1n) is 7.71. The second-order valence-electron chi connectivity index (χ2n) is 5.78. The summed E-state index contributed by atoms with van der Waals surface area (Å²) in [5.41, 5.74) is 2.30. The second-order valence-corrected chi connectivity index (χ2v) is 7.09. The minimum Gasteiger partial charge on any atom is -0.337 e. The number of carbonyl (C=O) groups excluding carboxylic acids is 1. The predicted octanol–water partition coefficient (Wildman–Crippen LogP) is 0.726. The van der Waals surface area contributed by atoms with E-state index in [9.17, 15) is 9.59 Å². The lowest BCUT2D eigenvalue weighted by atomic mass is 10.00. The molecule has 2 heterocycles. The van der Waals surface area contributed by atoms with Gasteiger partial charge in [-0.1, -0.05) is 36.0 Å². The number of fused-ring (bicyclic) bond motifs is 1. The van der Waals surface area contributed by atoms with Crippen LogP contribution in [0.25, 0.3) is 0 Å². The summed E-state index contributed by atoms with van der Waals surface area (Å²) in [4.78, 5) is 26.3. The molecule has 0 fully saturated rings. The third-order valence-electron chi connectivity index (χ3n) is 4.09. The molecule has 1 aromatic carbocycles. The molecule has 0 unspecified atom stereocenters. The predicted molar refractivity (Wildman–Crippen MR) is 92.1 cm³/mol. The molecule has 1 atom stereocenters. The van der Waals surface area contributed by atoms with E-state index in [4.69, 9.17) is 5.84 Å². The topological polar surface area (TPSA) is 94.1 Å². The van der Waals surface area contributed by atoms with Gasteiger partial charge in [0.1, 0.15) is 5.69 Å². The van der Waals surface area contributed by atoms with Gasteiger partial charge in [0.05, 0.1) is 5.25 Å². The van der Waals surface area contributed by atoms with Crippen LogP contribution in [0.1, 0.15) is 23.7 Å². The van der Waals surface area contributed by atoms with E-state index in [0.29, 0.717) is 13.1 Å². The van der Waals surface area contributed by atoms with Crippen LogP contribution in [0.4, 0.5) is 0 Å². The molecular formula is C16H19N5O2S. The highest BCUT2D eigenvalue weighted by Crippen LogP contribution is 2.24. The Bertz CT molecular complexity index is 835. The summed E-state index contributed by atoms with van der Waals surface area (Å²) in [6, 6.07) is 8.16. The number of benzene rings is 1. The summed E-state index contributed by atoms with van der Waals surface area (Å²) >= 11 is 1.15. The molecule has 1 amide bonds. The van der Waals surface area contributed by atoms with E-state index in [-0.39, 0.29) is 16.8 Å². The van der Waals surface area contributed by atoms with E-state index < -0.39 is 10.8 Å². The molecule has 0 aliphatic carbocycles. The zero-order valence-corrected chi connectivity index (χ0v) is 14.4. The average Bonchev–Trinajstić information content (AvgIpc) is 2.61. The first kappa shape index (κ1) is 16.5. The highest BCUT2D eigenvalue weighted by Gasteiger charge is 2.26. The summed E-state index contributed by atoms with van der Waals surface area (Å²) < 4.78 is 0.947. The van der Waals surface area contributed by atoms with Crippen molar-refractivity contribution in [2.45, 2.75) is 37.2 Å². The Morgan fingerprint density at radius 3 is 2.75 bits per heavy atom. The molecule has 8 heteroatoms. The van der Waals surface area contributed by atoms with Crippen molar-refractivity contribution in [2.75, 3.05) is 12.4 Å². The number of hydrogen-bond acceptors (Lipinski definition) is 6. The maximum atomic E-state index is 12.7. The van der Waals surface area contributed by atoms with Crippen LogP contribution in [-0.2, 0) is 17.8 Å². The molecule has 0 bridgehead atoms. The van der Waals surface area contributed by atoms with Gasteiger partial charge in [-0.2, -0.15) is 4.68 Å². The number of nitrogen functional groups attached to an aromatic ring is 1. The van der Waals surface area contributed by atoms with Gasteiger partial charge in [-0.3, -0.25) is 9.59 Å². The molecule has 1 aliphatic rings. The van der Waals surface area contributed by atoms with Crippen molar-refractivity contribution in [2.24, 2.45) is 0 Å². The van der Waals surface area contributed by atoms with Crippen LogP contribution in [0.3, 0.4) is 0 Å². The zero-order chi connectivity index (χ0) is 17.3. The zero-order valence-electron chi connectivity index (χ0n) is 13.6. The molecule has 7 nitrogen and oxygen atoms in total. The summed E-state index contributed by atoms with van der Waals surface area (Å²) in [7, 11) is 0. The largest absolute Gasteiger partial charge is 0.337 e. The fraction of sp³-hybridized carbons (Fsp3) is 0.375. The summed E-state index contributed by atoms with van der Waals surface area (Å²) in [5, 5.41) is 7.55. The Kier molecular flexibility index (Phi) is 4.57. The molecule has 0 saturated carbocycles. The standard InChI is InChI=1S/C16H19N5O2S/c1-10-14(22)21(17)16(19-18-10)24-11(2)15(23)20-8-7-12-5-3-4-6-13(12)9-20/h3-6,11H,7-9,17H2,1-2H3/t11-/m0/s1. The van der Waals surface area contributed by atoms with Crippen molar-refractivity contribution in [1.82, 2.24) is 19.8 Å². The molecule has 2 N–H and O–H groups in total. The summed E-state index contributed by atoms with van der Waals surface area (Å²) in [6.45, 7) is 4.64. The molecule has 0 saturated heterocycles. The SMILES string of the molecule is Cc1nnc(S[C@@H](C)C(=O)N2CCc3ccccc3C2)n(N)c1=O. The molecule has 1 aliphatic heterocycles. The Labute approximate surface area is 143 Å². The van der Waals surface area contributed by atoms with Gasteiger partial charge >= 0.3 is 0 Å². The number of carbonyl (C=O) groups is 1. The lowest BCUT2D eigenvalue weighted by Crippen LogP contribution is -2.40. The van der Waals surface area contributed by atoms with E-state index in [1.165, 1.54) is 11.1 Å². The van der Waals surface area contributed by atoms with E-state index >= 15 is 0 Å². The minimum atomic E-state index is -0.404. The van der Waals surface area contributed by atoms with Crippen molar-refractivity contribution < 1.29 is 4.79 Å². The molecular weight excluding hydrogens is 326 g/mol. The molecule has 1 aromatic heterocycles. The van der Waals surface area contributed by atoms with E-state index in [2.05, 4.69) is 22.3 Å². The number of rotatable bonds is 3. The van der Waals surface area contributed by atoms with Crippen LogP contribution < -0.4 is 11.4 Å². The molecule has 126 valence electrons. The van der Waals surface area contributed by atoms with Crippen molar-refractivity contribution in [3.05, 3.63) is 51.4 Å². The van der Waals surface area contributed by atoms with Crippen molar-refractivity contribution in [3.8, 4) is 0 Å². The van der Waals surface area contributed by atoms with Crippen LogP contribution >= 0.6 is 11.8 Å². The van der Waals surface area contributed by atoms with Gasteiger partial charge in [0.2, 0.25) is 11.1 Å². The van der Waals surface area contributed by atoms with E-state index in [0.717, 1.165) is 22.9 Å². The number of amides is 1. The first-order chi connectivity index (χ1) is 11.5. The first-order valence-corrected chi connectivity index (χ1v) is 8.59. The Hall–Kier alpha value is -2.35. The number of nitrogens with two attached hydrogens (primary N) is 1. The fourth-order valence-corrected chi connectivity index (χ4v) is 3.55. The minimum absolute atomic E-state index is 0.00401. The quantitative estimate of drug-likeness (QED) is 0.651. The Morgan fingerprint density at radius 1 is 1.29 bits per heavy atom. The Morgan fingerprint density at radius 2 is 2.00 bits per heavy atom. The molecule has 24 heavy (non-hydrogen) atoms. The third-order valence-corrected chi connectivity index (χ3v) is 5.14. The lowest BCUT2D eigenvalue weighted by Gasteiger charge is -2.30. The van der Waals surface area contributed by atoms with Gasteiger partial charge in [-0.15, -0.1) is 10.2 Å². The van der Waals surface area contributed by atoms with Crippen molar-refractivity contribution >= 4 is 17.7 Å². The van der Waals surface area contributed by atoms with Gasteiger partial charge in [-0.05, 0) is 31.4 Å². The normalized spacial score (nSPS) is 15.0. The van der Waals surface area contributed by atoms with Crippen LogP contribution in [0, 0.1) is 6.92 Å².